The van der Waals surface area contributed by atoms with E-state index in [2.05, 4.69) is 6.58 Å². The summed E-state index contributed by atoms with van der Waals surface area (Å²) in [7, 11) is 0. The van der Waals surface area contributed by atoms with Crippen molar-refractivity contribution >= 4 is 21.9 Å². The third-order valence-corrected chi connectivity index (χ3v) is 7.39. The van der Waals surface area contributed by atoms with E-state index in [1.54, 1.807) is 19.1 Å². The van der Waals surface area contributed by atoms with Crippen LogP contribution in [-0.2, 0) is 11.2 Å². The Labute approximate surface area is 186 Å². The first-order chi connectivity index (χ1) is 14.9. The molecule has 1 saturated heterocycles. The van der Waals surface area contributed by atoms with Gasteiger partial charge in [0.05, 0.1) is 23.0 Å². The predicted octanol–water partition coefficient (Wildman–Crippen LogP) is 4.57. The van der Waals surface area contributed by atoms with E-state index in [4.69, 9.17) is 13.9 Å². The van der Waals surface area contributed by atoms with Crippen molar-refractivity contribution in [1.82, 2.24) is 0 Å². The van der Waals surface area contributed by atoms with Crippen molar-refractivity contribution < 1.29 is 24.1 Å². The number of phenols is 1. The largest absolute Gasteiger partial charge is 0.507 e. The van der Waals surface area contributed by atoms with Crippen LogP contribution in [0.3, 0.4) is 0 Å². The molecule has 6 heteroatoms. The van der Waals surface area contributed by atoms with Crippen molar-refractivity contribution in [3.63, 3.8) is 0 Å². The number of aliphatic hydroxyl groups is 1. The molecule has 2 aliphatic heterocycles. The van der Waals surface area contributed by atoms with Crippen LogP contribution in [-0.4, -0.2) is 27.7 Å². The van der Waals surface area contributed by atoms with Crippen LogP contribution in [0, 0.1) is 26.7 Å². The molecule has 0 aliphatic carbocycles. The molecule has 0 radical (unpaired) electrons. The number of aliphatic hydroxyl groups excluding tert-OH is 1. The second-order valence-corrected chi connectivity index (χ2v) is 9.81. The lowest BCUT2D eigenvalue weighted by atomic mass is 9.74. The quantitative estimate of drug-likeness (QED) is 0.396. The Kier molecular flexibility index (Phi) is 4.18. The standard InChI is InChI=1S/C26H28O6/c1-11-8-9-17-19(20(11)27)22(29)18-12(2)15-10-16-21(28)14(4)25(5,6)32-26(16,7)31-23(15)13(3)24(18)30-17/h8-9,16,21,27-28H,4,10H2,1-3,5-7H3/t16-,21-,26+/m1/s1. The minimum absolute atomic E-state index is 0.0635. The zero-order chi connectivity index (χ0) is 23.3. The van der Waals surface area contributed by atoms with Crippen LogP contribution in [0.1, 0.15) is 43.0 Å². The first-order valence-corrected chi connectivity index (χ1v) is 10.8. The van der Waals surface area contributed by atoms with E-state index in [1.165, 1.54) is 0 Å². The van der Waals surface area contributed by atoms with Gasteiger partial charge in [-0.3, -0.25) is 4.79 Å². The third-order valence-electron chi connectivity index (χ3n) is 7.39. The van der Waals surface area contributed by atoms with Crippen LogP contribution in [0.5, 0.6) is 11.5 Å². The lowest BCUT2D eigenvalue weighted by Crippen LogP contribution is -2.62. The molecule has 168 valence electrons. The zero-order valence-electron chi connectivity index (χ0n) is 19.3. The number of benzene rings is 2. The fourth-order valence-corrected chi connectivity index (χ4v) is 5.36. The summed E-state index contributed by atoms with van der Waals surface area (Å²) in [6, 6.07) is 3.42. The van der Waals surface area contributed by atoms with Gasteiger partial charge in [0.25, 0.3) is 0 Å². The number of hydrogen-bond acceptors (Lipinski definition) is 6. The Hall–Kier alpha value is -2.83. The number of aromatic hydroxyl groups is 1. The Morgan fingerprint density at radius 1 is 1.09 bits per heavy atom. The van der Waals surface area contributed by atoms with Crippen LogP contribution in [0.2, 0.25) is 0 Å². The number of ether oxygens (including phenoxy) is 2. The van der Waals surface area contributed by atoms with E-state index in [-0.39, 0.29) is 22.5 Å². The minimum Gasteiger partial charge on any atom is -0.507 e. The van der Waals surface area contributed by atoms with Gasteiger partial charge in [0.15, 0.2) is 0 Å². The molecule has 5 rings (SSSR count). The fraction of sp³-hybridized carbons (Fsp3) is 0.423. The number of aryl methyl sites for hydroxylation is 3. The van der Waals surface area contributed by atoms with Gasteiger partial charge >= 0.3 is 0 Å². The molecule has 6 nitrogen and oxygen atoms in total. The van der Waals surface area contributed by atoms with Crippen molar-refractivity contribution in [1.29, 1.82) is 0 Å². The first kappa shape index (κ1) is 21.0. The van der Waals surface area contributed by atoms with Crippen LogP contribution in [0.4, 0.5) is 0 Å². The van der Waals surface area contributed by atoms with E-state index in [0.717, 1.165) is 11.1 Å². The summed E-state index contributed by atoms with van der Waals surface area (Å²) < 4.78 is 18.9. The Morgan fingerprint density at radius 3 is 2.47 bits per heavy atom. The van der Waals surface area contributed by atoms with Gasteiger partial charge in [0.2, 0.25) is 11.2 Å². The van der Waals surface area contributed by atoms with Crippen molar-refractivity contribution in [2.45, 2.75) is 65.5 Å². The van der Waals surface area contributed by atoms with Gasteiger partial charge in [-0.05, 0) is 69.4 Å². The average Bonchev–Trinajstić information content (AvgIpc) is 2.71. The molecule has 2 aliphatic rings. The molecule has 3 aromatic rings. The van der Waals surface area contributed by atoms with E-state index >= 15 is 0 Å². The van der Waals surface area contributed by atoms with E-state index in [1.807, 2.05) is 34.6 Å². The maximum absolute atomic E-state index is 13.5. The van der Waals surface area contributed by atoms with Crippen molar-refractivity contribution in [2.75, 3.05) is 0 Å². The molecule has 2 N–H and O–H groups in total. The van der Waals surface area contributed by atoms with E-state index in [9.17, 15) is 15.0 Å². The number of hydrogen-bond donors (Lipinski definition) is 2. The van der Waals surface area contributed by atoms with Gasteiger partial charge in [0, 0.05) is 12.5 Å². The molecule has 0 saturated carbocycles. The number of fused-ring (bicyclic) bond motifs is 4. The summed E-state index contributed by atoms with van der Waals surface area (Å²) in [5.41, 5.74) is 3.21. The van der Waals surface area contributed by atoms with Crippen LogP contribution in [0.15, 0.2) is 33.5 Å². The SMILES string of the molecule is C=C1[C@@H](O)[C@H]2Cc3c(c(C)c4oc5ccc(C)c(O)c5c(=O)c4c3C)O[C@@]2(C)OC1(C)C. The molecule has 0 amide bonds. The molecule has 2 aromatic carbocycles. The Balaban J connectivity index is 1.82. The Morgan fingerprint density at radius 2 is 1.78 bits per heavy atom. The highest BCUT2D eigenvalue weighted by atomic mass is 16.7. The smallest absolute Gasteiger partial charge is 0.214 e. The Bertz CT molecular complexity index is 1400. The average molecular weight is 437 g/mol. The van der Waals surface area contributed by atoms with Crippen molar-refractivity contribution in [3.8, 4) is 11.5 Å². The fourth-order valence-electron chi connectivity index (χ4n) is 5.36. The third kappa shape index (κ3) is 2.57. The molecular formula is C26H28O6. The minimum atomic E-state index is -1.06. The van der Waals surface area contributed by atoms with E-state index < -0.39 is 17.5 Å². The molecule has 0 bridgehead atoms. The summed E-state index contributed by atoms with van der Waals surface area (Å²) in [6.45, 7) is 15.1. The molecule has 3 heterocycles. The first-order valence-electron chi connectivity index (χ1n) is 10.8. The van der Waals surface area contributed by atoms with Crippen LogP contribution >= 0.6 is 0 Å². The second-order valence-electron chi connectivity index (χ2n) is 9.81. The summed E-state index contributed by atoms with van der Waals surface area (Å²) >= 11 is 0. The monoisotopic (exact) mass is 436 g/mol. The van der Waals surface area contributed by atoms with Gasteiger partial charge in [-0.15, -0.1) is 0 Å². The highest BCUT2D eigenvalue weighted by Crippen LogP contribution is 2.51. The highest BCUT2D eigenvalue weighted by molar-refractivity contribution is 5.97. The summed E-state index contributed by atoms with van der Waals surface area (Å²) in [5.74, 6) is -0.891. The van der Waals surface area contributed by atoms with Crippen LogP contribution in [0.25, 0.3) is 21.9 Å². The molecular weight excluding hydrogens is 408 g/mol. The van der Waals surface area contributed by atoms with Gasteiger partial charge in [-0.1, -0.05) is 12.6 Å². The molecule has 1 fully saturated rings. The molecule has 1 aromatic heterocycles. The van der Waals surface area contributed by atoms with Crippen LogP contribution < -0.4 is 10.2 Å². The summed E-state index contributed by atoms with van der Waals surface area (Å²) in [5, 5.41) is 22.2. The summed E-state index contributed by atoms with van der Waals surface area (Å²) in [4.78, 5) is 13.5. The second kappa shape index (κ2) is 6.36. The maximum atomic E-state index is 13.5. The number of rotatable bonds is 0. The summed E-state index contributed by atoms with van der Waals surface area (Å²) in [6.07, 6.45) is -0.353. The molecule has 0 unspecified atom stereocenters. The topological polar surface area (TPSA) is 89.1 Å². The van der Waals surface area contributed by atoms with Crippen molar-refractivity contribution in [3.05, 3.63) is 56.8 Å². The van der Waals surface area contributed by atoms with Gasteiger partial charge in [-0.25, -0.2) is 0 Å². The van der Waals surface area contributed by atoms with Gasteiger partial charge in [0.1, 0.15) is 28.1 Å². The predicted molar refractivity (Wildman–Crippen MR) is 122 cm³/mol. The zero-order valence-corrected chi connectivity index (χ0v) is 19.3. The van der Waals surface area contributed by atoms with Gasteiger partial charge < -0.3 is 24.1 Å². The molecule has 32 heavy (non-hydrogen) atoms. The maximum Gasteiger partial charge on any atom is 0.214 e. The molecule has 0 spiro atoms. The molecule has 3 atom stereocenters. The highest BCUT2D eigenvalue weighted by Gasteiger charge is 2.56. The number of phenolic OH excluding ortho intramolecular Hbond substituents is 1. The normalized spacial score (nSPS) is 26.7. The lowest BCUT2D eigenvalue weighted by molar-refractivity contribution is -0.289. The lowest BCUT2D eigenvalue weighted by Gasteiger charge is -2.53. The van der Waals surface area contributed by atoms with Gasteiger partial charge in [-0.2, -0.15) is 0 Å². The van der Waals surface area contributed by atoms with E-state index in [0.29, 0.717) is 45.4 Å². The van der Waals surface area contributed by atoms with Crippen molar-refractivity contribution in [2.24, 2.45) is 5.92 Å².